The van der Waals surface area contributed by atoms with Crippen molar-refractivity contribution in [3.05, 3.63) is 75.8 Å². The number of aliphatic hydroxyl groups excluding tert-OH is 1. The molecule has 0 aliphatic rings. The number of benzene rings is 3. The standard InChI is InChI=1S/C23H22Cl2N2O/c1-14-4-3-5-21(15(14)2)26-12-18(28)13-27-22-8-6-16(24)10-19(22)20-11-17(25)7-9-23(20)27/h3-11,18,26,28H,12-13H2,1-2H3/t18-/m0/s1. The van der Waals surface area contributed by atoms with Crippen LogP contribution in [0.4, 0.5) is 5.69 Å². The predicted octanol–water partition coefficient (Wildman–Crippen LogP) is 6.19. The normalized spacial score (nSPS) is 12.6. The van der Waals surface area contributed by atoms with Crippen LogP contribution in [-0.2, 0) is 6.54 Å². The van der Waals surface area contributed by atoms with E-state index in [-0.39, 0.29) is 0 Å². The number of anilines is 1. The Morgan fingerprint density at radius 1 is 0.929 bits per heavy atom. The molecular weight excluding hydrogens is 391 g/mol. The van der Waals surface area contributed by atoms with Crippen LogP contribution in [0.2, 0.25) is 10.0 Å². The molecule has 0 spiro atoms. The quantitative estimate of drug-likeness (QED) is 0.409. The highest BCUT2D eigenvalue weighted by molar-refractivity contribution is 6.33. The molecule has 0 unspecified atom stereocenters. The van der Waals surface area contributed by atoms with Crippen molar-refractivity contribution in [1.82, 2.24) is 4.57 Å². The average molecular weight is 413 g/mol. The van der Waals surface area contributed by atoms with Crippen molar-refractivity contribution < 1.29 is 5.11 Å². The van der Waals surface area contributed by atoms with E-state index in [1.807, 2.05) is 48.5 Å². The highest BCUT2D eigenvalue weighted by Crippen LogP contribution is 2.33. The second kappa shape index (κ2) is 7.67. The summed E-state index contributed by atoms with van der Waals surface area (Å²) in [4.78, 5) is 0. The van der Waals surface area contributed by atoms with Crippen molar-refractivity contribution in [2.24, 2.45) is 0 Å². The van der Waals surface area contributed by atoms with Gasteiger partial charge in [0.05, 0.1) is 12.6 Å². The Morgan fingerprint density at radius 2 is 1.54 bits per heavy atom. The molecule has 144 valence electrons. The van der Waals surface area contributed by atoms with Gasteiger partial charge in [-0.15, -0.1) is 0 Å². The molecule has 1 atom stereocenters. The van der Waals surface area contributed by atoms with Crippen molar-refractivity contribution in [2.75, 3.05) is 11.9 Å². The van der Waals surface area contributed by atoms with E-state index in [0.29, 0.717) is 23.1 Å². The molecule has 0 amide bonds. The molecule has 0 saturated carbocycles. The first-order valence-corrected chi connectivity index (χ1v) is 10.0. The molecule has 1 heterocycles. The highest BCUT2D eigenvalue weighted by atomic mass is 35.5. The van der Waals surface area contributed by atoms with E-state index in [9.17, 15) is 5.11 Å². The van der Waals surface area contributed by atoms with Crippen LogP contribution in [0.5, 0.6) is 0 Å². The molecule has 0 fully saturated rings. The van der Waals surface area contributed by atoms with Crippen LogP contribution in [-0.4, -0.2) is 22.3 Å². The number of rotatable bonds is 5. The molecule has 4 aromatic rings. The van der Waals surface area contributed by atoms with Crippen LogP contribution in [0.1, 0.15) is 11.1 Å². The van der Waals surface area contributed by atoms with Gasteiger partial charge in [0.1, 0.15) is 0 Å². The lowest BCUT2D eigenvalue weighted by molar-refractivity contribution is 0.169. The fourth-order valence-corrected chi connectivity index (χ4v) is 4.04. The number of aliphatic hydroxyl groups is 1. The average Bonchev–Trinajstić information content (AvgIpc) is 2.95. The molecule has 28 heavy (non-hydrogen) atoms. The van der Waals surface area contributed by atoms with Crippen LogP contribution in [0.15, 0.2) is 54.6 Å². The van der Waals surface area contributed by atoms with E-state index >= 15 is 0 Å². The van der Waals surface area contributed by atoms with Crippen LogP contribution in [0.25, 0.3) is 21.8 Å². The van der Waals surface area contributed by atoms with Crippen molar-refractivity contribution in [3.63, 3.8) is 0 Å². The lowest BCUT2D eigenvalue weighted by Gasteiger charge is -2.17. The maximum Gasteiger partial charge on any atom is 0.0891 e. The summed E-state index contributed by atoms with van der Waals surface area (Å²) in [6.07, 6.45) is -0.551. The first-order valence-electron chi connectivity index (χ1n) is 9.29. The molecule has 0 radical (unpaired) electrons. The van der Waals surface area contributed by atoms with Gasteiger partial charge in [0.25, 0.3) is 0 Å². The molecular formula is C23H22Cl2N2O. The van der Waals surface area contributed by atoms with Gasteiger partial charge in [0, 0.05) is 44.1 Å². The molecule has 5 heteroatoms. The van der Waals surface area contributed by atoms with Crippen molar-refractivity contribution in [1.29, 1.82) is 0 Å². The summed E-state index contributed by atoms with van der Waals surface area (Å²) in [5, 5.41) is 17.6. The van der Waals surface area contributed by atoms with Gasteiger partial charge in [0.2, 0.25) is 0 Å². The third kappa shape index (κ3) is 3.58. The number of nitrogens with one attached hydrogen (secondary N) is 1. The first-order chi connectivity index (χ1) is 13.4. The molecule has 3 nitrogen and oxygen atoms in total. The van der Waals surface area contributed by atoms with Gasteiger partial charge in [-0.2, -0.15) is 0 Å². The maximum atomic E-state index is 10.7. The summed E-state index contributed by atoms with van der Waals surface area (Å²) in [7, 11) is 0. The number of fused-ring (bicyclic) bond motifs is 3. The maximum absolute atomic E-state index is 10.7. The van der Waals surface area contributed by atoms with E-state index in [1.165, 1.54) is 11.1 Å². The van der Waals surface area contributed by atoms with Gasteiger partial charge in [0.15, 0.2) is 0 Å². The van der Waals surface area contributed by atoms with E-state index < -0.39 is 6.10 Å². The van der Waals surface area contributed by atoms with Crippen LogP contribution in [0.3, 0.4) is 0 Å². The van der Waals surface area contributed by atoms with Crippen LogP contribution < -0.4 is 5.32 Å². The lowest BCUT2D eigenvalue weighted by Crippen LogP contribution is -2.25. The zero-order chi connectivity index (χ0) is 19.8. The van der Waals surface area contributed by atoms with Gasteiger partial charge < -0.3 is 15.0 Å². The molecule has 0 aliphatic heterocycles. The molecule has 4 rings (SSSR count). The minimum atomic E-state index is -0.551. The Labute approximate surface area is 174 Å². The second-order valence-electron chi connectivity index (χ2n) is 7.22. The Kier molecular flexibility index (Phi) is 5.24. The summed E-state index contributed by atoms with van der Waals surface area (Å²) in [6.45, 7) is 5.11. The Balaban J connectivity index is 1.64. The molecule has 0 saturated heterocycles. The number of hydrogen-bond donors (Lipinski definition) is 2. The Bertz CT molecular complexity index is 1110. The number of hydrogen-bond acceptors (Lipinski definition) is 2. The number of aryl methyl sites for hydroxylation is 1. The fraction of sp³-hybridized carbons (Fsp3) is 0.217. The van der Waals surface area contributed by atoms with Gasteiger partial charge in [-0.1, -0.05) is 35.3 Å². The monoisotopic (exact) mass is 412 g/mol. The highest BCUT2D eigenvalue weighted by Gasteiger charge is 2.15. The van der Waals surface area contributed by atoms with Crippen LogP contribution >= 0.6 is 23.2 Å². The van der Waals surface area contributed by atoms with Crippen molar-refractivity contribution in [3.8, 4) is 0 Å². The summed E-state index contributed by atoms with van der Waals surface area (Å²) in [5.41, 5.74) is 5.56. The first kappa shape index (κ1) is 19.1. The summed E-state index contributed by atoms with van der Waals surface area (Å²) in [5.74, 6) is 0. The second-order valence-corrected chi connectivity index (χ2v) is 8.09. The summed E-state index contributed by atoms with van der Waals surface area (Å²) >= 11 is 12.4. The Hall–Kier alpha value is -2.20. The largest absolute Gasteiger partial charge is 0.389 e. The topological polar surface area (TPSA) is 37.2 Å². The molecule has 0 bridgehead atoms. The van der Waals surface area contributed by atoms with E-state index in [0.717, 1.165) is 27.5 Å². The van der Waals surface area contributed by atoms with Gasteiger partial charge in [-0.25, -0.2) is 0 Å². The summed E-state index contributed by atoms with van der Waals surface area (Å²) in [6, 6.07) is 17.8. The minimum absolute atomic E-state index is 0.465. The predicted molar refractivity (Wildman–Crippen MR) is 120 cm³/mol. The van der Waals surface area contributed by atoms with Crippen LogP contribution in [0, 0.1) is 13.8 Å². The van der Waals surface area contributed by atoms with E-state index in [2.05, 4.69) is 29.8 Å². The van der Waals surface area contributed by atoms with Crippen molar-refractivity contribution in [2.45, 2.75) is 26.5 Å². The third-order valence-electron chi connectivity index (χ3n) is 5.32. The minimum Gasteiger partial charge on any atom is -0.389 e. The van der Waals surface area contributed by atoms with E-state index in [4.69, 9.17) is 23.2 Å². The SMILES string of the molecule is Cc1cccc(NC[C@H](O)Cn2c3ccc(Cl)cc3c3cc(Cl)ccc32)c1C. The van der Waals surface area contributed by atoms with Gasteiger partial charge >= 0.3 is 0 Å². The number of aromatic nitrogens is 1. The molecule has 1 aromatic heterocycles. The van der Waals surface area contributed by atoms with E-state index in [1.54, 1.807) is 0 Å². The van der Waals surface area contributed by atoms with Crippen molar-refractivity contribution >= 4 is 50.7 Å². The smallest absolute Gasteiger partial charge is 0.0891 e. The number of halogens is 2. The molecule has 2 N–H and O–H groups in total. The third-order valence-corrected chi connectivity index (χ3v) is 5.79. The van der Waals surface area contributed by atoms with Gasteiger partial charge in [-0.3, -0.25) is 0 Å². The lowest BCUT2D eigenvalue weighted by atomic mass is 10.1. The summed E-state index contributed by atoms with van der Waals surface area (Å²) < 4.78 is 2.13. The molecule has 3 aromatic carbocycles. The zero-order valence-electron chi connectivity index (χ0n) is 15.8. The Morgan fingerprint density at radius 3 is 2.14 bits per heavy atom. The molecule has 0 aliphatic carbocycles. The fourth-order valence-electron chi connectivity index (χ4n) is 3.69. The number of nitrogens with zero attached hydrogens (tertiary/aromatic N) is 1. The van der Waals surface area contributed by atoms with Gasteiger partial charge in [-0.05, 0) is 67.4 Å². The zero-order valence-corrected chi connectivity index (χ0v) is 17.3.